The number of hydrogen-bond acceptors (Lipinski definition) is 4. The molecule has 5 rings (SSSR count). The summed E-state index contributed by atoms with van der Waals surface area (Å²) in [6, 6.07) is 11.4. The summed E-state index contributed by atoms with van der Waals surface area (Å²) in [5.41, 5.74) is 7.10. The van der Waals surface area contributed by atoms with Crippen LogP contribution in [-0.4, -0.2) is 64.1 Å². The van der Waals surface area contributed by atoms with Crippen molar-refractivity contribution in [1.29, 1.82) is 0 Å². The molecule has 0 unspecified atom stereocenters. The second kappa shape index (κ2) is 10.2. The van der Waals surface area contributed by atoms with Gasteiger partial charge in [-0.2, -0.15) is 0 Å². The predicted octanol–water partition coefficient (Wildman–Crippen LogP) is 5.02. The average molecular weight is 459 g/mol. The third-order valence-corrected chi connectivity index (χ3v) is 7.94. The molecule has 1 aromatic carbocycles. The minimum atomic E-state index is 0.832. The molecule has 5 nitrogen and oxygen atoms in total. The Hall–Kier alpha value is -2.24. The number of imidazole rings is 1. The number of aryl methyl sites for hydroxylation is 3. The average Bonchev–Trinajstić information content (AvgIpc) is 3.19. The Kier molecular flexibility index (Phi) is 7.03. The van der Waals surface area contributed by atoms with E-state index >= 15 is 0 Å². The maximum absolute atomic E-state index is 4.90. The van der Waals surface area contributed by atoms with Gasteiger partial charge >= 0.3 is 0 Å². The molecule has 181 valence electrons. The van der Waals surface area contributed by atoms with E-state index in [0.29, 0.717) is 0 Å². The highest BCUT2D eigenvalue weighted by atomic mass is 15.2. The van der Waals surface area contributed by atoms with Crippen LogP contribution in [0.1, 0.15) is 60.8 Å². The third-order valence-electron chi connectivity index (χ3n) is 7.94. The smallest absolute Gasteiger partial charge is 0.160 e. The van der Waals surface area contributed by atoms with Crippen molar-refractivity contribution in [2.75, 3.05) is 39.8 Å². The summed E-state index contributed by atoms with van der Waals surface area (Å²) in [7, 11) is 2.24. The lowest BCUT2D eigenvalue weighted by atomic mass is 9.78. The van der Waals surface area contributed by atoms with Gasteiger partial charge in [-0.05, 0) is 75.3 Å². The Morgan fingerprint density at radius 1 is 0.941 bits per heavy atom. The van der Waals surface area contributed by atoms with Crippen molar-refractivity contribution in [3.05, 3.63) is 64.5 Å². The van der Waals surface area contributed by atoms with Gasteiger partial charge in [0, 0.05) is 50.8 Å². The van der Waals surface area contributed by atoms with E-state index in [0.717, 1.165) is 41.6 Å². The second-order valence-electron chi connectivity index (χ2n) is 10.6. The van der Waals surface area contributed by atoms with Crippen LogP contribution in [0.3, 0.4) is 0 Å². The molecule has 0 atom stereocenters. The minimum Gasteiger partial charge on any atom is -0.308 e. The fourth-order valence-electron chi connectivity index (χ4n) is 5.81. The van der Waals surface area contributed by atoms with Crippen LogP contribution < -0.4 is 0 Å². The van der Waals surface area contributed by atoms with Crippen LogP contribution in [0.5, 0.6) is 0 Å². The Bertz CT molecular complexity index is 1100. The zero-order chi connectivity index (χ0) is 23.7. The first-order chi connectivity index (χ1) is 16.5. The van der Waals surface area contributed by atoms with Crippen LogP contribution in [0.15, 0.2) is 30.3 Å². The van der Waals surface area contributed by atoms with Crippen LogP contribution in [0.25, 0.3) is 11.2 Å². The van der Waals surface area contributed by atoms with E-state index in [2.05, 4.69) is 72.5 Å². The Balaban J connectivity index is 1.21. The highest BCUT2D eigenvalue weighted by Crippen LogP contribution is 2.35. The molecule has 5 heteroatoms. The molecule has 3 aromatic rings. The lowest BCUT2D eigenvalue weighted by Crippen LogP contribution is -2.46. The molecule has 1 aliphatic carbocycles. The number of nitrogens with zero attached hydrogens (tertiary/aromatic N) is 5. The van der Waals surface area contributed by atoms with Crippen molar-refractivity contribution in [3.8, 4) is 0 Å². The molecule has 1 saturated heterocycles. The van der Waals surface area contributed by atoms with Crippen molar-refractivity contribution < 1.29 is 0 Å². The molecule has 3 heterocycles. The number of benzene rings is 1. The largest absolute Gasteiger partial charge is 0.308 e. The van der Waals surface area contributed by atoms with Crippen LogP contribution in [-0.2, 0) is 13.0 Å². The predicted molar refractivity (Wildman–Crippen MR) is 140 cm³/mol. The molecule has 1 aliphatic heterocycles. The number of fused-ring (bicyclic) bond motifs is 1. The highest BCUT2D eigenvalue weighted by Gasteiger charge is 2.25. The van der Waals surface area contributed by atoms with Crippen molar-refractivity contribution in [1.82, 2.24) is 24.3 Å². The van der Waals surface area contributed by atoms with Gasteiger partial charge in [-0.15, -0.1) is 0 Å². The van der Waals surface area contributed by atoms with E-state index in [1.165, 1.54) is 75.1 Å². The SMILES string of the molecule is CCc1nc2c(C)cc(C)nc2n1Cc1ccc([C]2CCC(CN3CCN(C)CC3)CC2)cc1. The van der Waals surface area contributed by atoms with Crippen molar-refractivity contribution in [3.63, 3.8) is 0 Å². The topological polar surface area (TPSA) is 37.2 Å². The molecule has 0 N–H and O–H groups in total. The van der Waals surface area contributed by atoms with E-state index in [1.807, 2.05) is 0 Å². The normalized spacial score (nSPS) is 19.3. The van der Waals surface area contributed by atoms with Gasteiger partial charge in [-0.1, -0.05) is 31.2 Å². The summed E-state index contributed by atoms with van der Waals surface area (Å²) in [4.78, 5) is 14.9. The van der Waals surface area contributed by atoms with E-state index in [1.54, 1.807) is 5.92 Å². The molecular weight excluding hydrogens is 418 g/mol. The molecule has 0 bridgehead atoms. The van der Waals surface area contributed by atoms with Crippen LogP contribution >= 0.6 is 0 Å². The summed E-state index contributed by atoms with van der Waals surface area (Å²) in [6.07, 6.45) is 6.11. The van der Waals surface area contributed by atoms with Gasteiger partial charge in [0.15, 0.2) is 5.65 Å². The maximum Gasteiger partial charge on any atom is 0.160 e. The number of pyridine rings is 1. The van der Waals surface area contributed by atoms with Crippen LogP contribution in [0, 0.1) is 25.7 Å². The zero-order valence-corrected chi connectivity index (χ0v) is 21.5. The zero-order valence-electron chi connectivity index (χ0n) is 21.5. The van der Waals surface area contributed by atoms with E-state index in [9.17, 15) is 0 Å². The molecule has 0 spiro atoms. The molecule has 2 fully saturated rings. The van der Waals surface area contributed by atoms with Crippen molar-refractivity contribution >= 4 is 11.2 Å². The Morgan fingerprint density at radius 2 is 1.65 bits per heavy atom. The van der Waals surface area contributed by atoms with E-state index in [4.69, 9.17) is 9.97 Å². The van der Waals surface area contributed by atoms with Gasteiger partial charge < -0.3 is 14.4 Å². The molecule has 2 aromatic heterocycles. The Labute approximate surface area is 205 Å². The first-order valence-corrected chi connectivity index (χ1v) is 13.2. The molecule has 1 radical (unpaired) electrons. The van der Waals surface area contributed by atoms with Crippen molar-refractivity contribution in [2.24, 2.45) is 5.92 Å². The fourth-order valence-corrected chi connectivity index (χ4v) is 5.81. The second-order valence-corrected chi connectivity index (χ2v) is 10.6. The number of hydrogen-bond donors (Lipinski definition) is 0. The summed E-state index contributed by atoms with van der Waals surface area (Å²) < 4.78 is 2.31. The quantitative estimate of drug-likeness (QED) is 0.520. The molecule has 0 amide bonds. The van der Waals surface area contributed by atoms with Gasteiger partial charge in [0.05, 0.1) is 6.54 Å². The summed E-state index contributed by atoms with van der Waals surface area (Å²) in [6.45, 7) is 13.4. The van der Waals surface area contributed by atoms with E-state index < -0.39 is 0 Å². The van der Waals surface area contributed by atoms with Crippen molar-refractivity contribution in [2.45, 2.75) is 59.4 Å². The van der Waals surface area contributed by atoms with Crippen LogP contribution in [0.2, 0.25) is 0 Å². The molecule has 2 aliphatic rings. The lowest BCUT2D eigenvalue weighted by Gasteiger charge is -2.36. The monoisotopic (exact) mass is 458 g/mol. The van der Waals surface area contributed by atoms with Gasteiger partial charge in [0.25, 0.3) is 0 Å². The molecule has 1 saturated carbocycles. The lowest BCUT2D eigenvalue weighted by molar-refractivity contribution is 0.127. The van der Waals surface area contributed by atoms with Gasteiger partial charge in [-0.25, -0.2) is 9.97 Å². The van der Waals surface area contributed by atoms with Gasteiger partial charge in [0.2, 0.25) is 0 Å². The minimum absolute atomic E-state index is 0.832. The van der Waals surface area contributed by atoms with Crippen LogP contribution in [0.4, 0.5) is 0 Å². The summed E-state index contributed by atoms with van der Waals surface area (Å²) in [5, 5.41) is 0. The first-order valence-electron chi connectivity index (χ1n) is 13.2. The standard InChI is InChI=1S/C29H40N5/c1-5-27-31-28-21(2)18-22(3)30-29(28)34(27)20-24-8-12-26(13-9-24)25-10-6-23(7-11-25)19-33-16-14-32(4)15-17-33/h8-9,12-13,18,23H,5-7,10-11,14-17,19-20H2,1-4H3. The summed E-state index contributed by atoms with van der Waals surface area (Å²) in [5.74, 6) is 3.64. The molecule has 34 heavy (non-hydrogen) atoms. The highest BCUT2D eigenvalue weighted by molar-refractivity contribution is 5.76. The fraction of sp³-hybridized carbons (Fsp3) is 0.552. The number of aromatic nitrogens is 3. The van der Waals surface area contributed by atoms with Gasteiger partial charge in [0.1, 0.15) is 11.3 Å². The first kappa shape index (κ1) is 23.5. The molecular formula is C29H40N5. The number of piperazine rings is 1. The third kappa shape index (κ3) is 5.06. The van der Waals surface area contributed by atoms with E-state index in [-0.39, 0.29) is 0 Å². The maximum atomic E-state index is 4.90. The van der Waals surface area contributed by atoms with Gasteiger partial charge in [-0.3, -0.25) is 0 Å². The Morgan fingerprint density at radius 3 is 2.32 bits per heavy atom. The summed E-state index contributed by atoms with van der Waals surface area (Å²) >= 11 is 0. The number of rotatable bonds is 6. The number of likely N-dealkylation sites (N-methyl/N-ethyl adjacent to an activating group) is 1.